The summed E-state index contributed by atoms with van der Waals surface area (Å²) in [6, 6.07) is 15.6. The van der Waals surface area contributed by atoms with Crippen LogP contribution in [-0.4, -0.2) is 83.9 Å². The maximum atomic E-state index is 13.5. The molecule has 2 heterocycles. The number of piperazine rings is 1. The van der Waals surface area contributed by atoms with Gasteiger partial charge in [-0.1, -0.05) is 30.3 Å². The van der Waals surface area contributed by atoms with Crippen LogP contribution >= 0.6 is 24.8 Å². The highest BCUT2D eigenvalue weighted by Crippen LogP contribution is 2.30. The summed E-state index contributed by atoms with van der Waals surface area (Å²) in [6.45, 7) is 5.10. The Morgan fingerprint density at radius 3 is 2.09 bits per heavy atom. The van der Waals surface area contributed by atoms with Crippen LogP contribution in [0.5, 0.6) is 0 Å². The summed E-state index contributed by atoms with van der Waals surface area (Å²) >= 11 is 0. The van der Waals surface area contributed by atoms with Crippen LogP contribution in [0.25, 0.3) is 0 Å². The molecule has 2 aromatic rings. The highest BCUT2D eigenvalue weighted by molar-refractivity contribution is 6.01. The van der Waals surface area contributed by atoms with E-state index in [-0.39, 0.29) is 48.9 Å². The number of Topliss-reactive ketones (excluding diaryl/α,β-unsaturated/α-hetero) is 1. The molecular weight excluding hydrogens is 480 g/mol. The monoisotopic (exact) mass is 511 g/mol. The zero-order chi connectivity index (χ0) is 22.5. The van der Waals surface area contributed by atoms with Crippen molar-refractivity contribution < 1.29 is 19.1 Å². The third-order valence-corrected chi connectivity index (χ3v) is 6.53. The number of hydrogen-bond acceptors (Lipinski definition) is 5. The maximum absolute atomic E-state index is 13.5. The summed E-state index contributed by atoms with van der Waals surface area (Å²) < 4.78 is 13.4. The van der Waals surface area contributed by atoms with E-state index in [1.165, 1.54) is 24.3 Å². The van der Waals surface area contributed by atoms with Crippen LogP contribution in [0.1, 0.15) is 15.9 Å². The van der Waals surface area contributed by atoms with Crippen molar-refractivity contribution in [2.75, 3.05) is 52.4 Å². The highest BCUT2D eigenvalue weighted by Gasteiger charge is 2.43. The van der Waals surface area contributed by atoms with Gasteiger partial charge in [-0.3, -0.25) is 19.4 Å². The van der Waals surface area contributed by atoms with Crippen LogP contribution in [0.4, 0.5) is 4.39 Å². The summed E-state index contributed by atoms with van der Waals surface area (Å²) in [4.78, 5) is 33.0. The molecular formula is C25H32Cl2FN3O3. The number of halogens is 3. The van der Waals surface area contributed by atoms with Gasteiger partial charge in [-0.15, -0.1) is 24.8 Å². The molecule has 0 saturated carbocycles. The van der Waals surface area contributed by atoms with Gasteiger partial charge in [-0.2, -0.15) is 0 Å². The van der Waals surface area contributed by atoms with Crippen LogP contribution in [0, 0.1) is 17.7 Å². The number of carbonyl (C=O) groups is 2. The minimum Gasteiger partial charge on any atom is -0.395 e. The summed E-state index contributed by atoms with van der Waals surface area (Å²) in [5, 5.41) is 9.15. The van der Waals surface area contributed by atoms with Crippen LogP contribution in [0.3, 0.4) is 0 Å². The van der Waals surface area contributed by atoms with E-state index >= 15 is 0 Å². The summed E-state index contributed by atoms with van der Waals surface area (Å²) in [6.07, 6.45) is 0. The summed E-state index contributed by atoms with van der Waals surface area (Å²) in [5.74, 6) is -1.33. The molecule has 2 saturated heterocycles. The van der Waals surface area contributed by atoms with Crippen molar-refractivity contribution in [2.24, 2.45) is 11.8 Å². The van der Waals surface area contributed by atoms with Crippen LogP contribution < -0.4 is 0 Å². The topological polar surface area (TPSA) is 64.1 Å². The van der Waals surface area contributed by atoms with Crippen LogP contribution in [0.2, 0.25) is 0 Å². The molecule has 1 N–H and O–H groups in total. The van der Waals surface area contributed by atoms with E-state index in [4.69, 9.17) is 5.11 Å². The van der Waals surface area contributed by atoms with E-state index in [1.54, 1.807) is 0 Å². The van der Waals surface area contributed by atoms with Gasteiger partial charge in [0.05, 0.1) is 12.5 Å². The fraction of sp³-hybridized carbons (Fsp3) is 0.440. The molecule has 0 unspecified atom stereocenters. The number of aliphatic hydroxyl groups excluding tert-OH is 1. The summed E-state index contributed by atoms with van der Waals surface area (Å²) in [5.41, 5.74) is 1.59. The third kappa shape index (κ3) is 6.77. The Morgan fingerprint density at radius 1 is 0.853 bits per heavy atom. The molecule has 2 aliphatic heterocycles. The van der Waals surface area contributed by atoms with Gasteiger partial charge in [0, 0.05) is 63.8 Å². The average Bonchev–Trinajstić information content (AvgIpc) is 3.24. The molecule has 0 aliphatic carbocycles. The Hall–Kier alpha value is -2.03. The molecule has 186 valence electrons. The Kier molecular flexibility index (Phi) is 10.9. The van der Waals surface area contributed by atoms with Crippen molar-refractivity contribution in [3.63, 3.8) is 0 Å². The second-order valence-corrected chi connectivity index (χ2v) is 8.65. The molecule has 2 aromatic carbocycles. The van der Waals surface area contributed by atoms with Crippen molar-refractivity contribution in [1.82, 2.24) is 14.7 Å². The fourth-order valence-electron chi connectivity index (χ4n) is 4.77. The van der Waals surface area contributed by atoms with Crippen molar-refractivity contribution in [3.05, 3.63) is 71.5 Å². The minimum atomic E-state index is -0.452. The lowest BCUT2D eigenvalue weighted by Gasteiger charge is -2.36. The first kappa shape index (κ1) is 28.2. The average molecular weight is 512 g/mol. The van der Waals surface area contributed by atoms with Crippen molar-refractivity contribution in [1.29, 1.82) is 0 Å². The Balaban J connectivity index is 0.00000204. The molecule has 2 fully saturated rings. The molecule has 4 rings (SSSR count). The normalized spacial score (nSPS) is 20.9. The Morgan fingerprint density at radius 2 is 1.47 bits per heavy atom. The van der Waals surface area contributed by atoms with E-state index in [0.29, 0.717) is 44.8 Å². The number of aliphatic hydroxyl groups is 1. The zero-order valence-corrected chi connectivity index (χ0v) is 20.6. The maximum Gasteiger partial charge on any atom is 0.227 e. The number of rotatable bonds is 7. The second kappa shape index (κ2) is 13.2. The smallest absolute Gasteiger partial charge is 0.227 e. The zero-order valence-electron chi connectivity index (χ0n) is 19.0. The summed E-state index contributed by atoms with van der Waals surface area (Å²) in [7, 11) is 0. The van der Waals surface area contributed by atoms with E-state index in [2.05, 4.69) is 9.80 Å². The van der Waals surface area contributed by atoms with Crippen molar-refractivity contribution in [2.45, 2.75) is 6.54 Å². The van der Waals surface area contributed by atoms with Gasteiger partial charge in [0.2, 0.25) is 5.91 Å². The Bertz CT molecular complexity index is 925. The molecule has 1 amide bonds. The third-order valence-electron chi connectivity index (χ3n) is 6.53. The molecule has 34 heavy (non-hydrogen) atoms. The number of ketones is 1. The van der Waals surface area contributed by atoms with Gasteiger partial charge >= 0.3 is 0 Å². The van der Waals surface area contributed by atoms with E-state index in [0.717, 1.165) is 18.7 Å². The second-order valence-electron chi connectivity index (χ2n) is 8.65. The SMILES string of the molecule is Cl.Cl.O=C(c1ccc(F)cc1)[C@@H]1CN(Cc2ccccc2)C[C@H]1C(=O)N1CCN(CCO)CC1. The lowest BCUT2D eigenvalue weighted by atomic mass is 9.87. The lowest BCUT2D eigenvalue weighted by molar-refractivity contribution is -0.137. The predicted molar refractivity (Wildman–Crippen MR) is 134 cm³/mol. The molecule has 0 aromatic heterocycles. The molecule has 0 radical (unpaired) electrons. The Labute approximate surface area is 212 Å². The standard InChI is InChI=1S/C25H30FN3O3.2ClH/c26-21-8-6-20(7-9-21)24(31)22-17-28(16-19-4-2-1-3-5-19)18-23(22)25(32)29-12-10-27(11-13-29)14-15-30;;/h1-9,22-23,30H,10-18H2;2*1H/t22-,23-;;/m1../s1. The largest absolute Gasteiger partial charge is 0.395 e. The number of hydrogen-bond donors (Lipinski definition) is 1. The first-order valence-electron chi connectivity index (χ1n) is 11.2. The number of nitrogens with zero attached hydrogens (tertiary/aromatic N) is 3. The molecule has 0 bridgehead atoms. The number of likely N-dealkylation sites (tertiary alicyclic amines) is 1. The van der Waals surface area contributed by atoms with Gasteiger partial charge in [0.15, 0.2) is 5.78 Å². The van der Waals surface area contributed by atoms with E-state index in [1.807, 2.05) is 35.2 Å². The molecule has 9 heteroatoms. The van der Waals surface area contributed by atoms with Gasteiger partial charge in [0.1, 0.15) is 5.82 Å². The number of carbonyl (C=O) groups excluding carboxylic acids is 2. The molecule has 2 aliphatic rings. The predicted octanol–water partition coefficient (Wildman–Crippen LogP) is 2.74. The van der Waals surface area contributed by atoms with Gasteiger partial charge in [0.25, 0.3) is 0 Å². The minimum absolute atomic E-state index is 0. The molecule has 6 nitrogen and oxygen atoms in total. The fourth-order valence-corrected chi connectivity index (χ4v) is 4.77. The number of benzene rings is 2. The van der Waals surface area contributed by atoms with Crippen LogP contribution in [-0.2, 0) is 11.3 Å². The highest BCUT2D eigenvalue weighted by atomic mass is 35.5. The van der Waals surface area contributed by atoms with E-state index in [9.17, 15) is 14.0 Å². The number of β-amino-alcohol motifs (C(OH)–C–C–N with tert-alkyl or cyclic N) is 1. The molecule has 2 atom stereocenters. The van der Waals surface area contributed by atoms with Crippen molar-refractivity contribution in [3.8, 4) is 0 Å². The van der Waals surface area contributed by atoms with Gasteiger partial charge < -0.3 is 10.0 Å². The van der Waals surface area contributed by atoms with Gasteiger partial charge in [-0.25, -0.2) is 4.39 Å². The van der Waals surface area contributed by atoms with Gasteiger partial charge in [-0.05, 0) is 29.8 Å². The number of amides is 1. The first-order chi connectivity index (χ1) is 15.5. The van der Waals surface area contributed by atoms with Crippen LogP contribution in [0.15, 0.2) is 54.6 Å². The first-order valence-corrected chi connectivity index (χ1v) is 11.2. The van der Waals surface area contributed by atoms with E-state index < -0.39 is 11.8 Å². The van der Waals surface area contributed by atoms with Crippen molar-refractivity contribution >= 4 is 36.5 Å². The molecule has 0 spiro atoms. The lowest BCUT2D eigenvalue weighted by Crippen LogP contribution is -2.52. The quantitative estimate of drug-likeness (QED) is 0.579.